The van der Waals surface area contributed by atoms with Crippen molar-refractivity contribution in [1.82, 2.24) is 0 Å². The van der Waals surface area contributed by atoms with Crippen LogP contribution in [0.3, 0.4) is 0 Å². The molecule has 0 aliphatic heterocycles. The summed E-state index contributed by atoms with van der Waals surface area (Å²) in [5, 5.41) is -7.00. The van der Waals surface area contributed by atoms with Crippen molar-refractivity contribution in [2.24, 2.45) is 0 Å². The third-order valence-corrected chi connectivity index (χ3v) is 7.79. The van der Waals surface area contributed by atoms with E-state index in [0.29, 0.717) is 0 Å². The van der Waals surface area contributed by atoms with Crippen molar-refractivity contribution in [3.05, 3.63) is 96.1 Å². The molecule has 3 aromatic rings. The second-order valence-electron chi connectivity index (χ2n) is 7.63. The van der Waals surface area contributed by atoms with Gasteiger partial charge in [0.25, 0.3) is 0 Å². The van der Waals surface area contributed by atoms with Crippen LogP contribution in [-0.4, -0.2) is 36.2 Å². The minimum Gasteiger partial charge on any atom is -0.281 e. The second-order valence-corrected chi connectivity index (χ2v) is 12.8. The predicted molar refractivity (Wildman–Crippen MR) is 135 cm³/mol. The fourth-order valence-electron chi connectivity index (χ4n) is 3.03. The molecule has 0 aliphatic rings. The lowest BCUT2D eigenvalue weighted by Gasteiger charge is -2.31. The highest BCUT2D eigenvalue weighted by Crippen LogP contribution is 2.54. The van der Waals surface area contributed by atoms with Gasteiger partial charge in [0.2, 0.25) is 0 Å². The van der Waals surface area contributed by atoms with Gasteiger partial charge in [-0.25, -0.2) is 0 Å². The molecule has 0 radical (unpaired) electrons. The van der Waals surface area contributed by atoms with Crippen LogP contribution in [0.15, 0.2) is 84.9 Å². The van der Waals surface area contributed by atoms with Gasteiger partial charge in [-0.2, -0.15) is 47.9 Å². The molecule has 3 nitrogen and oxygen atoms in total. The van der Waals surface area contributed by atoms with Crippen LogP contribution >= 0.6 is 31.8 Å². The van der Waals surface area contributed by atoms with E-state index in [-0.39, 0.29) is 3.16 Å². The zero-order valence-electron chi connectivity index (χ0n) is 18.6. The van der Waals surface area contributed by atoms with Crippen LogP contribution in [0.4, 0.5) is 39.5 Å². The molecule has 0 bridgehead atoms. The van der Waals surface area contributed by atoms with Crippen molar-refractivity contribution in [1.29, 1.82) is 0 Å². The van der Waals surface area contributed by atoms with Crippen LogP contribution in [0.5, 0.6) is 0 Å². The van der Waals surface area contributed by atoms with E-state index in [4.69, 9.17) is 4.55 Å². The molecule has 0 spiro atoms. The topological polar surface area (TPSA) is 54.4 Å². The van der Waals surface area contributed by atoms with Crippen molar-refractivity contribution in [2.45, 2.75) is 26.4 Å². The maximum Gasteiger partial charge on any atom is 0.460 e. The van der Waals surface area contributed by atoms with Crippen LogP contribution in [0.2, 0.25) is 0 Å². The largest absolute Gasteiger partial charge is 0.460 e. The lowest BCUT2D eigenvalue weighted by molar-refractivity contribution is -0.382. The van der Waals surface area contributed by atoms with Crippen molar-refractivity contribution in [3.8, 4) is 11.1 Å². The molecule has 1 N–H and O–H groups in total. The molecule has 38 heavy (non-hydrogen) atoms. The molecule has 3 aromatic carbocycles. The Labute approximate surface area is 227 Å². The fourth-order valence-corrected chi connectivity index (χ4v) is 4.76. The van der Waals surface area contributed by atoms with Crippen molar-refractivity contribution in [3.63, 3.8) is 0 Å². The lowest BCUT2D eigenvalue weighted by atomic mass is 9.94. The molecule has 0 heterocycles. The minimum absolute atomic E-state index is 0.133. The van der Waals surface area contributed by atoms with E-state index >= 15 is 0 Å². The summed E-state index contributed by atoms with van der Waals surface area (Å²) >= 11 is 2.52. The molecular weight excluding hydrogens is 685 g/mol. The monoisotopic (exact) mass is 702 g/mol. The Morgan fingerprint density at radius 2 is 1.08 bits per heavy atom. The first-order valence-electron chi connectivity index (χ1n) is 10.0. The van der Waals surface area contributed by atoms with E-state index < -0.39 is 33.4 Å². The lowest BCUT2D eigenvalue weighted by Crippen LogP contribution is -2.63. The minimum atomic E-state index is -7.37. The van der Waals surface area contributed by atoms with Gasteiger partial charge in [-0.1, -0.05) is 108 Å². The van der Waals surface area contributed by atoms with Gasteiger partial charge in [0, 0.05) is 0 Å². The Morgan fingerprint density at radius 1 is 0.658 bits per heavy atom. The Bertz CT molecular complexity index is 1330. The van der Waals surface area contributed by atoms with Gasteiger partial charge < -0.3 is 0 Å². The van der Waals surface area contributed by atoms with E-state index in [2.05, 4.69) is 117 Å². The zero-order valence-corrected chi connectivity index (χ0v) is 22.7. The van der Waals surface area contributed by atoms with Crippen LogP contribution in [-0.2, 0) is 13.3 Å². The Kier molecular flexibility index (Phi) is 9.61. The van der Waals surface area contributed by atoms with Gasteiger partial charge >= 0.3 is 33.4 Å². The number of halogens is 10. The Morgan fingerprint density at radius 3 is 1.53 bits per heavy atom. The average Bonchev–Trinajstić information content (AvgIpc) is 2.84. The van der Waals surface area contributed by atoms with Crippen LogP contribution < -0.4 is 0 Å². The quantitative estimate of drug-likeness (QED) is 0.0928. The third kappa shape index (κ3) is 6.28. The summed E-state index contributed by atoms with van der Waals surface area (Å²) in [6, 6.07) is 29.8. The van der Waals surface area contributed by atoms with E-state index in [0.717, 1.165) is 0 Å². The molecule has 0 aromatic heterocycles. The molecule has 208 valence electrons. The number of hydrogen-bond acceptors (Lipinski definition) is 2. The van der Waals surface area contributed by atoms with Gasteiger partial charge in [0.05, 0.1) is 3.16 Å². The number of benzene rings is 3. The van der Waals surface area contributed by atoms with Gasteiger partial charge in [0.15, 0.2) is 0 Å². The molecular formula is C23H17F9IO3PS. The molecule has 2 atom stereocenters. The number of rotatable bonds is 6. The number of alkyl halides is 10. The van der Waals surface area contributed by atoms with E-state index in [9.17, 15) is 47.9 Å². The van der Waals surface area contributed by atoms with Crippen molar-refractivity contribution in [2.75, 3.05) is 0 Å². The highest BCUT2D eigenvalue weighted by atomic mass is 127. The Balaban J connectivity index is 0.000000275. The van der Waals surface area contributed by atoms with Gasteiger partial charge in [-0.15, -0.1) is 9.24 Å². The summed E-state index contributed by atoms with van der Waals surface area (Å²) in [7, 11) is -4.15. The smallest absolute Gasteiger partial charge is 0.281 e. The van der Waals surface area contributed by atoms with Gasteiger partial charge in [-0.3, -0.25) is 4.55 Å². The highest BCUT2D eigenvalue weighted by molar-refractivity contribution is 14.1. The molecule has 0 saturated carbocycles. The maximum atomic E-state index is 12.2. The van der Waals surface area contributed by atoms with E-state index in [1.807, 2.05) is 0 Å². The van der Waals surface area contributed by atoms with Crippen molar-refractivity contribution < 1.29 is 52.5 Å². The predicted octanol–water partition coefficient (Wildman–Crippen LogP) is 8.16. The fraction of sp³-hybridized carbons (Fsp3) is 0.217. The molecule has 15 heteroatoms. The maximum absolute atomic E-state index is 12.2. The van der Waals surface area contributed by atoms with Crippen molar-refractivity contribution >= 4 is 41.9 Å². The third-order valence-electron chi connectivity index (χ3n) is 5.04. The van der Waals surface area contributed by atoms with Crippen LogP contribution in [0.1, 0.15) is 11.1 Å². The average molecular weight is 702 g/mol. The van der Waals surface area contributed by atoms with E-state index in [1.165, 1.54) is 22.3 Å². The first-order valence-corrected chi connectivity index (χ1v) is 13.1. The normalized spacial score (nSPS) is 14.7. The van der Waals surface area contributed by atoms with E-state index in [1.54, 1.807) is 0 Å². The standard InChI is InChI=1S/C19H16IP.C4HF9O3S/c20-19(21,16-11-5-2-6-12-16)18-14-8-7-13-17(18)15-9-3-1-4-10-15;5-1(6,3(9,10)11)2(7,8)4(12,13)17(14,15)16/h1-14H,21H2;(H,14,15,16). The van der Waals surface area contributed by atoms with Crippen LogP contribution in [0, 0.1) is 0 Å². The summed E-state index contributed by atoms with van der Waals surface area (Å²) in [6.45, 7) is 0. The van der Waals surface area contributed by atoms with Gasteiger partial charge in [-0.05, 0) is 22.3 Å². The summed E-state index contributed by atoms with van der Waals surface area (Å²) in [5.41, 5.74) is 5.14. The molecule has 0 aliphatic carbocycles. The molecule has 0 saturated heterocycles. The number of hydrogen-bond donors (Lipinski definition) is 1. The Hall–Kier alpha value is -1.90. The zero-order chi connectivity index (χ0) is 29.2. The first-order chi connectivity index (χ1) is 17.2. The molecule has 0 amide bonds. The molecule has 0 fully saturated rings. The highest BCUT2D eigenvalue weighted by Gasteiger charge is 2.85. The SMILES string of the molecule is O=S(=O)(O)C(F)(F)C(F)(F)C(F)(F)C(F)(F)F.PC(I)(c1ccccc1)c1ccccc1-c1ccccc1. The summed E-state index contributed by atoms with van der Waals surface area (Å²) in [6.07, 6.45) is -7.13. The summed E-state index contributed by atoms with van der Waals surface area (Å²) < 4.78 is 134. The van der Waals surface area contributed by atoms with Crippen LogP contribution in [0.25, 0.3) is 11.1 Å². The first kappa shape index (κ1) is 32.3. The summed E-state index contributed by atoms with van der Waals surface area (Å²) in [5.74, 6) is -14.7. The van der Waals surface area contributed by atoms with Gasteiger partial charge in [0.1, 0.15) is 0 Å². The molecule has 2 unspecified atom stereocenters. The second kappa shape index (κ2) is 11.3. The summed E-state index contributed by atoms with van der Waals surface area (Å²) in [4.78, 5) is 0. The molecule has 3 rings (SSSR count).